The van der Waals surface area contributed by atoms with E-state index < -0.39 is 28.1 Å². The van der Waals surface area contributed by atoms with Crippen LogP contribution >= 0.6 is 0 Å². The molecule has 114 valence electrons. The van der Waals surface area contributed by atoms with E-state index in [1.807, 2.05) is 6.92 Å². The number of hydrogen-bond acceptors (Lipinski definition) is 6. The van der Waals surface area contributed by atoms with Gasteiger partial charge in [-0.3, -0.25) is 13.8 Å². The van der Waals surface area contributed by atoms with Gasteiger partial charge in [-0.15, -0.1) is 0 Å². The van der Waals surface area contributed by atoms with Crippen molar-refractivity contribution in [3.63, 3.8) is 0 Å². The van der Waals surface area contributed by atoms with Gasteiger partial charge in [0.25, 0.3) is 10.1 Å². The van der Waals surface area contributed by atoms with Crippen molar-refractivity contribution in [1.82, 2.24) is 0 Å². The minimum atomic E-state index is -3.90. The maximum Gasteiger partial charge on any atom is 0.316 e. The van der Waals surface area contributed by atoms with Crippen LogP contribution in [-0.4, -0.2) is 32.9 Å². The highest BCUT2D eigenvalue weighted by atomic mass is 32.2. The number of aryl methyl sites for hydroxylation is 1. The maximum atomic E-state index is 12.0. The average molecular weight is 312 g/mol. The molecule has 0 saturated carbocycles. The highest BCUT2D eigenvalue weighted by molar-refractivity contribution is 7.86. The van der Waals surface area contributed by atoms with Crippen molar-refractivity contribution in [2.45, 2.75) is 31.3 Å². The molecule has 1 heterocycles. The van der Waals surface area contributed by atoms with Gasteiger partial charge in [0.15, 0.2) is 0 Å². The first-order valence-electron chi connectivity index (χ1n) is 6.46. The largest absolute Gasteiger partial charge is 0.459 e. The summed E-state index contributed by atoms with van der Waals surface area (Å²) in [5.41, 5.74) is 0.933. The van der Waals surface area contributed by atoms with E-state index in [0.29, 0.717) is 0 Å². The van der Waals surface area contributed by atoms with Crippen LogP contribution in [0.2, 0.25) is 0 Å². The van der Waals surface area contributed by atoms with E-state index in [9.17, 15) is 18.0 Å². The molecule has 1 aliphatic rings. The van der Waals surface area contributed by atoms with Gasteiger partial charge in [-0.2, -0.15) is 8.42 Å². The van der Waals surface area contributed by atoms with Crippen LogP contribution in [-0.2, 0) is 28.6 Å². The minimum absolute atomic E-state index is 0.0422. The molecule has 1 aromatic rings. The molecule has 21 heavy (non-hydrogen) atoms. The molecule has 0 bridgehead atoms. The summed E-state index contributed by atoms with van der Waals surface area (Å²) in [4.78, 5) is 22.6. The molecule has 0 aromatic heterocycles. The zero-order valence-corrected chi connectivity index (χ0v) is 12.6. The summed E-state index contributed by atoms with van der Waals surface area (Å²) < 4.78 is 33.8. The average Bonchev–Trinajstić information content (AvgIpc) is 2.79. The molecule has 1 saturated heterocycles. The van der Waals surface area contributed by atoms with E-state index in [1.54, 1.807) is 12.1 Å². The number of esters is 1. The lowest BCUT2D eigenvalue weighted by Crippen LogP contribution is -2.19. The smallest absolute Gasteiger partial charge is 0.316 e. The van der Waals surface area contributed by atoms with E-state index in [-0.39, 0.29) is 23.7 Å². The van der Waals surface area contributed by atoms with Crippen molar-refractivity contribution in [2.75, 3.05) is 6.61 Å². The van der Waals surface area contributed by atoms with Crippen molar-refractivity contribution in [3.8, 4) is 0 Å². The Balaban J connectivity index is 1.98. The van der Waals surface area contributed by atoms with Gasteiger partial charge in [0.1, 0.15) is 24.4 Å². The second-order valence-electron chi connectivity index (χ2n) is 5.01. The number of hydrogen-bond donors (Lipinski definition) is 0. The molecule has 6 nitrogen and oxygen atoms in total. The van der Waals surface area contributed by atoms with Gasteiger partial charge in [0, 0.05) is 6.42 Å². The third-order valence-corrected chi connectivity index (χ3v) is 4.57. The van der Waals surface area contributed by atoms with Crippen molar-refractivity contribution in [3.05, 3.63) is 29.8 Å². The number of ether oxygens (including phenoxy) is 1. The lowest BCUT2D eigenvalue weighted by atomic mass is 10.0. The molecule has 7 heteroatoms. The molecule has 0 aliphatic carbocycles. The van der Waals surface area contributed by atoms with Crippen LogP contribution in [0.5, 0.6) is 0 Å². The zero-order chi connectivity index (χ0) is 15.6. The summed E-state index contributed by atoms with van der Waals surface area (Å²) in [6.07, 6.45) is -0.566. The molecule has 1 aliphatic heterocycles. The zero-order valence-electron chi connectivity index (χ0n) is 11.7. The second-order valence-corrected chi connectivity index (χ2v) is 6.62. The van der Waals surface area contributed by atoms with Gasteiger partial charge in [-0.25, -0.2) is 0 Å². The number of benzene rings is 1. The van der Waals surface area contributed by atoms with Crippen molar-refractivity contribution in [1.29, 1.82) is 0 Å². The topological polar surface area (TPSA) is 86.7 Å². The predicted molar refractivity (Wildman–Crippen MR) is 73.0 cm³/mol. The normalized spacial score (nSPS) is 22.1. The SMILES string of the molecule is CC(=O)C1CC(COS(=O)(=O)c2ccc(C)cc2)OC1=O. The summed E-state index contributed by atoms with van der Waals surface area (Å²) in [5, 5.41) is 0. The molecule has 0 spiro atoms. The molecule has 0 radical (unpaired) electrons. The Morgan fingerprint density at radius 3 is 2.48 bits per heavy atom. The van der Waals surface area contributed by atoms with Crippen LogP contribution in [0, 0.1) is 12.8 Å². The highest BCUT2D eigenvalue weighted by Crippen LogP contribution is 2.23. The third-order valence-electron chi connectivity index (χ3n) is 3.28. The Labute approximate surface area is 123 Å². The number of Topliss-reactive ketones (excluding diaryl/α,β-unsaturated/α-hetero) is 1. The summed E-state index contributed by atoms with van der Waals surface area (Å²) in [5.74, 6) is -1.73. The quantitative estimate of drug-likeness (QED) is 0.461. The summed E-state index contributed by atoms with van der Waals surface area (Å²) >= 11 is 0. The van der Waals surface area contributed by atoms with E-state index >= 15 is 0 Å². The van der Waals surface area contributed by atoms with Gasteiger partial charge in [-0.05, 0) is 26.0 Å². The minimum Gasteiger partial charge on any atom is -0.459 e. The van der Waals surface area contributed by atoms with Gasteiger partial charge >= 0.3 is 5.97 Å². The van der Waals surface area contributed by atoms with Gasteiger partial charge in [0.05, 0.1) is 4.90 Å². The van der Waals surface area contributed by atoms with Crippen molar-refractivity contribution < 1.29 is 26.9 Å². The molecule has 2 rings (SSSR count). The van der Waals surface area contributed by atoms with Crippen LogP contribution in [0.15, 0.2) is 29.2 Å². The Hall–Kier alpha value is -1.73. The van der Waals surface area contributed by atoms with Crippen LogP contribution < -0.4 is 0 Å². The van der Waals surface area contributed by atoms with E-state index in [0.717, 1.165) is 5.56 Å². The van der Waals surface area contributed by atoms with Crippen LogP contribution in [0.1, 0.15) is 18.9 Å². The van der Waals surface area contributed by atoms with Gasteiger partial charge < -0.3 is 4.74 Å². The number of carbonyl (C=O) groups excluding carboxylic acids is 2. The molecule has 1 aromatic carbocycles. The molecule has 0 amide bonds. The highest BCUT2D eigenvalue weighted by Gasteiger charge is 2.38. The Kier molecular flexibility index (Phi) is 4.43. The molecule has 1 fully saturated rings. The number of rotatable bonds is 5. The standard InChI is InChI=1S/C14H16O6S/c1-9-3-5-12(6-4-9)21(17,18)19-8-11-7-13(10(2)15)14(16)20-11/h3-6,11,13H,7-8H2,1-2H3. The van der Waals surface area contributed by atoms with E-state index in [1.165, 1.54) is 19.1 Å². The summed E-state index contributed by atoms with van der Waals surface area (Å²) in [7, 11) is -3.90. The third kappa shape index (κ3) is 3.68. The fraction of sp³-hybridized carbons (Fsp3) is 0.429. The molecule has 2 unspecified atom stereocenters. The first kappa shape index (κ1) is 15.7. The lowest BCUT2D eigenvalue weighted by molar-refractivity contribution is -0.147. The van der Waals surface area contributed by atoms with E-state index in [4.69, 9.17) is 8.92 Å². The van der Waals surface area contributed by atoms with Crippen LogP contribution in [0.3, 0.4) is 0 Å². The maximum absolute atomic E-state index is 12.0. The summed E-state index contributed by atoms with van der Waals surface area (Å²) in [6, 6.07) is 6.22. The second kappa shape index (κ2) is 5.95. The first-order valence-corrected chi connectivity index (χ1v) is 7.87. The fourth-order valence-electron chi connectivity index (χ4n) is 2.03. The molecule has 0 N–H and O–H groups in total. The molecular formula is C14H16O6S. The predicted octanol–water partition coefficient (Wildman–Crippen LogP) is 1.22. The van der Waals surface area contributed by atoms with Crippen LogP contribution in [0.4, 0.5) is 0 Å². The number of carbonyl (C=O) groups is 2. The number of ketones is 1. The van der Waals surface area contributed by atoms with Crippen LogP contribution in [0.25, 0.3) is 0 Å². The Morgan fingerprint density at radius 2 is 1.95 bits per heavy atom. The first-order chi connectivity index (χ1) is 9.79. The Bertz CT molecular complexity index is 647. The Morgan fingerprint density at radius 1 is 1.33 bits per heavy atom. The monoisotopic (exact) mass is 312 g/mol. The number of cyclic esters (lactones) is 1. The summed E-state index contributed by atoms with van der Waals surface area (Å²) in [6.45, 7) is 2.86. The lowest BCUT2D eigenvalue weighted by Gasteiger charge is -2.10. The van der Waals surface area contributed by atoms with Crippen molar-refractivity contribution in [2.24, 2.45) is 5.92 Å². The van der Waals surface area contributed by atoms with E-state index in [2.05, 4.69) is 0 Å². The molecular weight excluding hydrogens is 296 g/mol. The van der Waals surface area contributed by atoms with Crippen molar-refractivity contribution >= 4 is 21.9 Å². The fourth-order valence-corrected chi connectivity index (χ4v) is 2.96. The molecule has 2 atom stereocenters. The van der Waals surface area contributed by atoms with Gasteiger partial charge in [0.2, 0.25) is 0 Å². The van der Waals surface area contributed by atoms with Gasteiger partial charge in [-0.1, -0.05) is 17.7 Å².